The largest absolute Gasteiger partial charge is 0.465 e. The molecule has 0 saturated heterocycles. The van der Waals surface area contributed by atoms with Crippen molar-refractivity contribution in [3.05, 3.63) is 72.8 Å². The van der Waals surface area contributed by atoms with Crippen molar-refractivity contribution in [3.63, 3.8) is 0 Å². The van der Waals surface area contributed by atoms with Gasteiger partial charge in [-0.05, 0) is 107 Å². The molecular formula is C41H64O5Si2. The molecule has 0 aromatic heterocycles. The van der Waals surface area contributed by atoms with E-state index in [0.717, 1.165) is 31.7 Å². The number of esters is 2. The number of rotatable bonds is 13. The van der Waals surface area contributed by atoms with Gasteiger partial charge in [0.2, 0.25) is 0 Å². The van der Waals surface area contributed by atoms with Crippen LogP contribution in [0, 0.1) is 28.1 Å². The van der Waals surface area contributed by atoms with E-state index in [9.17, 15) is 9.59 Å². The first-order valence-electron chi connectivity index (χ1n) is 18.0. The van der Waals surface area contributed by atoms with Gasteiger partial charge in [-0.2, -0.15) is 0 Å². The van der Waals surface area contributed by atoms with E-state index >= 15 is 0 Å². The van der Waals surface area contributed by atoms with Crippen LogP contribution in [0.2, 0.25) is 24.2 Å². The third-order valence-corrected chi connectivity index (χ3v) is 19.0. The summed E-state index contributed by atoms with van der Waals surface area (Å²) < 4.78 is 19.9. The monoisotopic (exact) mass is 692 g/mol. The summed E-state index contributed by atoms with van der Waals surface area (Å²) in [5.74, 6) is 0.123. The van der Waals surface area contributed by atoms with Crippen molar-refractivity contribution in [3.8, 4) is 0 Å². The van der Waals surface area contributed by atoms with Crippen LogP contribution in [0.3, 0.4) is 0 Å². The van der Waals surface area contributed by atoms with Crippen LogP contribution in [0.1, 0.15) is 94.9 Å². The zero-order chi connectivity index (χ0) is 36.0. The highest BCUT2D eigenvalue weighted by Gasteiger charge is 2.55. The van der Waals surface area contributed by atoms with Crippen molar-refractivity contribution in [1.82, 2.24) is 0 Å². The van der Waals surface area contributed by atoms with Crippen molar-refractivity contribution in [2.24, 2.45) is 28.1 Å². The maximum Gasteiger partial charge on any atom is 0.311 e. The Bertz CT molecular complexity index is 1290. The number of benzene rings is 2. The number of allylic oxidation sites excluding steroid dienone is 2. The van der Waals surface area contributed by atoms with Crippen molar-refractivity contribution in [1.29, 1.82) is 0 Å². The zero-order valence-corrected chi connectivity index (χ0v) is 34.1. The third-order valence-electron chi connectivity index (χ3n) is 9.65. The number of ether oxygens (including phenoxy) is 2. The lowest BCUT2D eigenvalue weighted by Crippen LogP contribution is -2.70. The highest BCUT2D eigenvalue weighted by atomic mass is 28.4. The molecule has 0 bridgehead atoms. The third kappa shape index (κ3) is 10.0. The summed E-state index contributed by atoms with van der Waals surface area (Å²) in [5.41, 5.74) is -1.68. The molecule has 0 amide bonds. The predicted octanol–water partition coefficient (Wildman–Crippen LogP) is 9.32. The van der Waals surface area contributed by atoms with E-state index in [0.29, 0.717) is 5.92 Å². The number of carbonyl (C=O) groups excluding carboxylic acids is 2. The molecule has 0 radical (unpaired) electrons. The first-order valence-corrected chi connectivity index (χ1v) is 23.0. The molecule has 5 nitrogen and oxygen atoms in total. The number of hydrogen-bond acceptors (Lipinski definition) is 5. The van der Waals surface area contributed by atoms with Crippen LogP contribution in [-0.4, -0.2) is 41.8 Å². The van der Waals surface area contributed by atoms with Crippen LogP contribution < -0.4 is 10.4 Å². The van der Waals surface area contributed by atoms with Crippen LogP contribution in [0.5, 0.6) is 0 Å². The number of hydrogen-bond donors (Lipinski definition) is 0. The van der Waals surface area contributed by atoms with E-state index < -0.39 is 32.9 Å². The van der Waals surface area contributed by atoms with Gasteiger partial charge in [-0.1, -0.05) is 107 Å². The van der Waals surface area contributed by atoms with Gasteiger partial charge in [0, 0.05) is 5.41 Å². The summed E-state index contributed by atoms with van der Waals surface area (Å²) in [5, 5.41) is 2.49. The SMILES string of the molecule is CCC/C=C/[C@@H]1CC(COC(=O)C(C)(C)C)(COC(=O)C(C)(C)C)C[C@H]1C[Si](C)(C)O[Si](c1ccccc1)(c1ccccc1)C(C)(C)C. The second-order valence-corrected chi connectivity index (χ2v) is 26.7. The molecule has 7 heteroatoms. The smallest absolute Gasteiger partial charge is 0.311 e. The highest BCUT2D eigenvalue weighted by molar-refractivity contribution is 7.04. The van der Waals surface area contributed by atoms with Crippen molar-refractivity contribution < 1.29 is 23.2 Å². The lowest BCUT2D eigenvalue weighted by Gasteiger charge is -2.48. The van der Waals surface area contributed by atoms with Gasteiger partial charge in [0.1, 0.15) is 13.2 Å². The van der Waals surface area contributed by atoms with Gasteiger partial charge in [-0.15, -0.1) is 0 Å². The Labute approximate surface area is 294 Å². The Kier molecular flexibility index (Phi) is 13.0. The Morgan fingerprint density at radius 2 is 1.23 bits per heavy atom. The first-order chi connectivity index (χ1) is 22.2. The van der Waals surface area contributed by atoms with Crippen molar-refractivity contribution in [2.45, 2.75) is 119 Å². The summed E-state index contributed by atoms with van der Waals surface area (Å²) in [6.45, 7) is 25.8. The van der Waals surface area contributed by atoms with Crippen LogP contribution in [-0.2, 0) is 23.2 Å². The van der Waals surface area contributed by atoms with E-state index in [1.807, 2.05) is 41.5 Å². The van der Waals surface area contributed by atoms with Crippen LogP contribution >= 0.6 is 0 Å². The molecule has 266 valence electrons. The molecule has 0 aliphatic heterocycles. The van der Waals surface area contributed by atoms with E-state index in [-0.39, 0.29) is 36.1 Å². The predicted molar refractivity (Wildman–Crippen MR) is 205 cm³/mol. The highest BCUT2D eigenvalue weighted by Crippen LogP contribution is 2.51. The normalized spacial score (nSPS) is 19.0. The van der Waals surface area contributed by atoms with Crippen molar-refractivity contribution >= 4 is 38.9 Å². The molecule has 2 atom stereocenters. The minimum atomic E-state index is -2.74. The Morgan fingerprint density at radius 3 is 1.62 bits per heavy atom. The fourth-order valence-corrected chi connectivity index (χ4v) is 18.1. The lowest BCUT2D eigenvalue weighted by atomic mass is 9.86. The molecule has 1 aliphatic carbocycles. The van der Waals surface area contributed by atoms with E-state index in [1.54, 1.807) is 0 Å². The van der Waals surface area contributed by atoms with E-state index in [1.165, 1.54) is 10.4 Å². The molecule has 3 rings (SSSR count). The quantitative estimate of drug-likeness (QED) is 0.119. The van der Waals surface area contributed by atoms with E-state index in [2.05, 4.69) is 114 Å². The maximum atomic E-state index is 13.0. The standard InChI is InChI=1S/C41H64O5Si2/c1-13-14-17-22-32-27-41(30-44-36(42)38(2,3)4,31-45-37(43)39(5,6)7)28-33(32)29-47(11,12)46-48(40(8,9)10,34-23-18-15-19-24-34)35-25-20-16-21-26-35/h15-26,32-33H,13-14,27-31H2,1-12H3/b22-17+/t32-,33+/m1/s1. The van der Waals surface area contributed by atoms with Gasteiger partial charge >= 0.3 is 11.9 Å². The Balaban J connectivity index is 2.05. The molecule has 0 heterocycles. The maximum absolute atomic E-state index is 13.0. The van der Waals surface area contributed by atoms with Gasteiger partial charge in [-0.3, -0.25) is 9.59 Å². The van der Waals surface area contributed by atoms with E-state index in [4.69, 9.17) is 13.6 Å². The summed E-state index contributed by atoms with van der Waals surface area (Å²) in [6, 6.07) is 22.7. The van der Waals surface area contributed by atoms with Gasteiger partial charge in [-0.25, -0.2) is 0 Å². The second kappa shape index (κ2) is 15.6. The molecule has 1 fully saturated rings. The van der Waals surface area contributed by atoms with Gasteiger partial charge in [0.25, 0.3) is 8.32 Å². The molecule has 1 saturated carbocycles. The topological polar surface area (TPSA) is 61.8 Å². The summed E-state index contributed by atoms with van der Waals surface area (Å²) >= 11 is 0. The Hall–Kier alpha value is -2.49. The van der Waals surface area contributed by atoms with Gasteiger partial charge in [0.15, 0.2) is 8.32 Å². The first kappa shape index (κ1) is 39.9. The molecular weight excluding hydrogens is 629 g/mol. The van der Waals surface area contributed by atoms with Crippen LogP contribution in [0.25, 0.3) is 0 Å². The fourth-order valence-electron chi connectivity index (χ4n) is 7.23. The van der Waals surface area contributed by atoms with Crippen LogP contribution in [0.15, 0.2) is 72.8 Å². The lowest BCUT2D eigenvalue weighted by molar-refractivity contribution is -0.164. The molecule has 48 heavy (non-hydrogen) atoms. The Morgan fingerprint density at radius 1 is 0.771 bits per heavy atom. The minimum Gasteiger partial charge on any atom is -0.465 e. The van der Waals surface area contributed by atoms with Crippen LogP contribution in [0.4, 0.5) is 0 Å². The molecule has 0 unspecified atom stereocenters. The zero-order valence-electron chi connectivity index (χ0n) is 32.1. The van der Waals surface area contributed by atoms with Crippen molar-refractivity contribution in [2.75, 3.05) is 13.2 Å². The molecule has 2 aromatic rings. The fraction of sp³-hybridized carbons (Fsp3) is 0.610. The average Bonchev–Trinajstić information content (AvgIpc) is 3.33. The summed E-state index contributed by atoms with van der Waals surface area (Å²) in [7, 11) is -5.11. The number of carbonyl (C=O) groups is 2. The summed E-state index contributed by atoms with van der Waals surface area (Å²) in [4.78, 5) is 26.1. The second-order valence-electron chi connectivity index (χ2n) is 17.9. The average molecular weight is 693 g/mol. The van der Waals surface area contributed by atoms with Gasteiger partial charge < -0.3 is 13.6 Å². The minimum absolute atomic E-state index is 0.109. The molecule has 2 aromatic carbocycles. The van der Waals surface area contributed by atoms with Gasteiger partial charge in [0.05, 0.1) is 10.8 Å². The molecule has 1 aliphatic rings. The molecule has 0 spiro atoms. The summed E-state index contributed by atoms with van der Waals surface area (Å²) in [6.07, 6.45) is 8.42. The molecule has 0 N–H and O–H groups in total. The number of unbranched alkanes of at least 4 members (excludes halogenated alkanes) is 1.